The van der Waals surface area contributed by atoms with Crippen molar-refractivity contribution in [2.24, 2.45) is 0 Å². The standard InChI is InChI=1S/C14H11ClF3NO3S/c1-22-10-4-2-9(3-5-10)19-23(20,21)11-6-7-13(15)12(8-11)14(16,17)18/h2-8,19H,1H3. The van der Waals surface area contributed by atoms with E-state index in [0.717, 1.165) is 12.1 Å². The number of alkyl halides is 3. The molecule has 0 saturated carbocycles. The summed E-state index contributed by atoms with van der Waals surface area (Å²) in [7, 11) is -2.73. The van der Waals surface area contributed by atoms with Crippen LogP contribution in [-0.4, -0.2) is 15.5 Å². The van der Waals surface area contributed by atoms with Crippen LogP contribution in [0.25, 0.3) is 0 Å². The summed E-state index contributed by atoms with van der Waals surface area (Å²) in [5.74, 6) is 0.513. The van der Waals surface area contributed by atoms with Gasteiger partial charge in [0.1, 0.15) is 5.75 Å². The zero-order valence-corrected chi connectivity index (χ0v) is 13.3. The number of anilines is 1. The molecule has 0 fully saturated rings. The molecule has 0 amide bonds. The van der Waals surface area contributed by atoms with Gasteiger partial charge in [0.15, 0.2) is 0 Å². The predicted octanol–water partition coefficient (Wildman–Crippen LogP) is 4.17. The Hall–Kier alpha value is -1.93. The molecule has 2 aromatic carbocycles. The molecule has 9 heteroatoms. The zero-order chi connectivity index (χ0) is 17.3. The van der Waals surface area contributed by atoms with E-state index in [1.165, 1.54) is 31.4 Å². The maximum atomic E-state index is 12.8. The Morgan fingerprint density at radius 2 is 1.70 bits per heavy atom. The Morgan fingerprint density at radius 1 is 1.09 bits per heavy atom. The van der Waals surface area contributed by atoms with Crippen molar-refractivity contribution in [3.63, 3.8) is 0 Å². The minimum absolute atomic E-state index is 0.189. The number of ether oxygens (including phenoxy) is 1. The van der Waals surface area contributed by atoms with E-state index in [0.29, 0.717) is 11.8 Å². The lowest BCUT2D eigenvalue weighted by Gasteiger charge is -2.12. The second kappa shape index (κ2) is 6.29. The van der Waals surface area contributed by atoms with Gasteiger partial charge in [0.05, 0.1) is 22.6 Å². The van der Waals surface area contributed by atoms with Crippen LogP contribution in [0.5, 0.6) is 5.75 Å². The summed E-state index contributed by atoms with van der Waals surface area (Å²) in [6.45, 7) is 0. The van der Waals surface area contributed by atoms with Gasteiger partial charge in [-0.15, -0.1) is 0 Å². The third-order valence-corrected chi connectivity index (χ3v) is 4.60. The van der Waals surface area contributed by atoms with Crippen LogP contribution >= 0.6 is 11.6 Å². The molecule has 0 unspecified atom stereocenters. The number of hydrogen-bond acceptors (Lipinski definition) is 3. The maximum absolute atomic E-state index is 12.8. The summed E-state index contributed by atoms with van der Waals surface area (Å²) in [5.41, 5.74) is -1.02. The Labute approximate surface area is 135 Å². The van der Waals surface area contributed by atoms with E-state index in [1.54, 1.807) is 0 Å². The summed E-state index contributed by atoms with van der Waals surface area (Å²) < 4.78 is 70.0. The molecule has 1 N–H and O–H groups in total. The number of halogens is 4. The second-order valence-electron chi connectivity index (χ2n) is 4.47. The Bertz CT molecular complexity index is 805. The van der Waals surface area contributed by atoms with Crippen LogP contribution < -0.4 is 9.46 Å². The summed E-state index contributed by atoms with van der Waals surface area (Å²) in [6.07, 6.45) is -4.75. The average Bonchev–Trinajstić information content (AvgIpc) is 2.46. The molecule has 23 heavy (non-hydrogen) atoms. The average molecular weight is 366 g/mol. The van der Waals surface area contributed by atoms with Crippen molar-refractivity contribution in [3.8, 4) is 5.75 Å². The Morgan fingerprint density at radius 3 is 2.22 bits per heavy atom. The summed E-state index contributed by atoms with van der Waals surface area (Å²) in [6, 6.07) is 8.28. The molecule has 0 aliphatic heterocycles. The molecule has 124 valence electrons. The third-order valence-electron chi connectivity index (χ3n) is 2.90. The Kier molecular flexibility index (Phi) is 4.76. The van der Waals surface area contributed by atoms with E-state index in [1.807, 2.05) is 0 Å². The Balaban J connectivity index is 2.35. The maximum Gasteiger partial charge on any atom is 0.417 e. The van der Waals surface area contributed by atoms with Crippen LogP contribution in [0.4, 0.5) is 18.9 Å². The summed E-state index contributed by atoms with van der Waals surface area (Å²) >= 11 is 5.48. The molecular formula is C14H11ClF3NO3S. The first kappa shape index (κ1) is 17.4. The SMILES string of the molecule is COc1ccc(NS(=O)(=O)c2ccc(Cl)c(C(F)(F)F)c2)cc1. The molecule has 0 bridgehead atoms. The quantitative estimate of drug-likeness (QED) is 0.884. The number of nitrogens with one attached hydrogen (secondary N) is 1. The number of rotatable bonds is 4. The lowest BCUT2D eigenvalue weighted by molar-refractivity contribution is -0.137. The van der Waals surface area contributed by atoms with Crippen LogP contribution in [0.15, 0.2) is 47.4 Å². The van der Waals surface area contributed by atoms with Gasteiger partial charge in [-0.3, -0.25) is 4.72 Å². The second-order valence-corrected chi connectivity index (χ2v) is 6.56. The van der Waals surface area contributed by atoms with Gasteiger partial charge < -0.3 is 4.74 Å². The first-order valence-corrected chi connectivity index (χ1v) is 8.03. The highest BCUT2D eigenvalue weighted by atomic mass is 35.5. The number of sulfonamides is 1. The largest absolute Gasteiger partial charge is 0.497 e. The van der Waals surface area contributed by atoms with Crippen LogP contribution in [0, 0.1) is 0 Å². The lowest BCUT2D eigenvalue weighted by atomic mass is 10.2. The molecule has 2 rings (SSSR count). The number of hydrogen-bond donors (Lipinski definition) is 1. The number of methoxy groups -OCH3 is 1. The monoisotopic (exact) mass is 365 g/mol. The van der Waals surface area contributed by atoms with E-state index in [2.05, 4.69) is 4.72 Å². The fourth-order valence-corrected chi connectivity index (χ4v) is 3.07. The highest BCUT2D eigenvalue weighted by Gasteiger charge is 2.34. The molecule has 0 heterocycles. The van der Waals surface area contributed by atoms with Gasteiger partial charge in [0, 0.05) is 5.69 Å². The van der Waals surface area contributed by atoms with Gasteiger partial charge >= 0.3 is 6.18 Å². The van der Waals surface area contributed by atoms with Gasteiger partial charge in [0.2, 0.25) is 0 Å². The molecule has 0 aliphatic rings. The van der Waals surface area contributed by atoms with Crippen molar-refractivity contribution in [1.29, 1.82) is 0 Å². The van der Waals surface area contributed by atoms with Crippen molar-refractivity contribution in [2.75, 3.05) is 11.8 Å². The lowest BCUT2D eigenvalue weighted by Crippen LogP contribution is -2.15. The zero-order valence-electron chi connectivity index (χ0n) is 11.7. The first-order chi connectivity index (χ1) is 10.6. The van der Waals surface area contributed by atoms with Crippen LogP contribution in [-0.2, 0) is 16.2 Å². The third kappa shape index (κ3) is 4.08. The number of benzene rings is 2. The van der Waals surface area contributed by atoms with Gasteiger partial charge in [-0.25, -0.2) is 8.42 Å². The van der Waals surface area contributed by atoms with E-state index in [4.69, 9.17) is 16.3 Å². The van der Waals surface area contributed by atoms with Crippen LogP contribution in [0.1, 0.15) is 5.56 Å². The van der Waals surface area contributed by atoms with Gasteiger partial charge in [-0.05, 0) is 42.5 Å². The van der Waals surface area contributed by atoms with E-state index < -0.39 is 31.7 Å². The molecule has 0 saturated heterocycles. The van der Waals surface area contributed by atoms with Gasteiger partial charge in [0.25, 0.3) is 10.0 Å². The molecule has 0 aromatic heterocycles. The molecule has 2 aromatic rings. The van der Waals surface area contributed by atoms with Crippen molar-refractivity contribution < 1.29 is 26.3 Å². The summed E-state index contributed by atoms with van der Waals surface area (Å²) in [4.78, 5) is -0.537. The van der Waals surface area contributed by atoms with E-state index in [9.17, 15) is 21.6 Å². The predicted molar refractivity (Wildman–Crippen MR) is 80.3 cm³/mol. The van der Waals surface area contributed by atoms with Crippen molar-refractivity contribution in [1.82, 2.24) is 0 Å². The topological polar surface area (TPSA) is 55.4 Å². The highest BCUT2D eigenvalue weighted by molar-refractivity contribution is 7.92. The van der Waals surface area contributed by atoms with Crippen LogP contribution in [0.3, 0.4) is 0 Å². The van der Waals surface area contributed by atoms with Crippen LogP contribution in [0.2, 0.25) is 5.02 Å². The fraction of sp³-hybridized carbons (Fsp3) is 0.143. The summed E-state index contributed by atoms with van der Waals surface area (Å²) in [5, 5.41) is -0.569. The van der Waals surface area contributed by atoms with Crippen molar-refractivity contribution >= 4 is 27.3 Å². The van der Waals surface area contributed by atoms with Gasteiger partial charge in [-0.1, -0.05) is 11.6 Å². The highest BCUT2D eigenvalue weighted by Crippen LogP contribution is 2.36. The molecule has 0 radical (unpaired) electrons. The first-order valence-electron chi connectivity index (χ1n) is 6.17. The molecule has 4 nitrogen and oxygen atoms in total. The molecule has 0 spiro atoms. The minimum atomic E-state index is -4.75. The van der Waals surface area contributed by atoms with Crippen molar-refractivity contribution in [2.45, 2.75) is 11.1 Å². The smallest absolute Gasteiger partial charge is 0.417 e. The molecule has 0 atom stereocenters. The van der Waals surface area contributed by atoms with Crippen molar-refractivity contribution in [3.05, 3.63) is 53.1 Å². The molecular weight excluding hydrogens is 355 g/mol. The molecule has 0 aliphatic carbocycles. The minimum Gasteiger partial charge on any atom is -0.497 e. The van der Waals surface area contributed by atoms with Gasteiger partial charge in [-0.2, -0.15) is 13.2 Å². The van der Waals surface area contributed by atoms with E-state index >= 15 is 0 Å². The normalized spacial score (nSPS) is 12.0. The van der Waals surface area contributed by atoms with E-state index in [-0.39, 0.29) is 5.69 Å². The fourth-order valence-electron chi connectivity index (χ4n) is 1.76.